The second-order valence-electron chi connectivity index (χ2n) is 7.42. The van der Waals surface area contributed by atoms with Gasteiger partial charge in [0.05, 0.1) is 5.52 Å². The summed E-state index contributed by atoms with van der Waals surface area (Å²) >= 11 is 0. The van der Waals surface area contributed by atoms with E-state index in [2.05, 4.69) is 0 Å². The lowest BCUT2D eigenvalue weighted by Gasteiger charge is -2.34. The number of aryl methyl sites for hydroxylation is 1. The Labute approximate surface area is 141 Å². The molecule has 1 aromatic carbocycles. The van der Waals surface area contributed by atoms with Crippen LogP contribution in [0.4, 0.5) is 4.79 Å². The zero-order chi connectivity index (χ0) is 17.5. The molecular weight excluding hydrogens is 308 g/mol. The number of fused-ring (bicyclic) bond motifs is 1. The third-order valence-electron chi connectivity index (χ3n) is 4.36. The predicted molar refractivity (Wildman–Crippen MR) is 91.2 cm³/mol. The predicted octanol–water partition coefficient (Wildman–Crippen LogP) is 3.25. The molecule has 1 amide bonds. The molecule has 6 heteroatoms. The normalized spacial score (nSPS) is 18.8. The largest absolute Gasteiger partial charge is 0.444 e. The summed E-state index contributed by atoms with van der Waals surface area (Å²) in [4.78, 5) is 25.7. The molecule has 0 bridgehead atoms. The first kappa shape index (κ1) is 16.6. The van der Waals surface area contributed by atoms with Gasteiger partial charge in [-0.05, 0) is 51.3 Å². The number of carbonyl (C=O) groups excluding carboxylic acids is 1. The van der Waals surface area contributed by atoms with Crippen molar-refractivity contribution in [1.82, 2.24) is 9.47 Å². The van der Waals surface area contributed by atoms with Gasteiger partial charge in [0.1, 0.15) is 5.60 Å². The van der Waals surface area contributed by atoms with Crippen LogP contribution in [-0.2, 0) is 11.8 Å². The third-order valence-corrected chi connectivity index (χ3v) is 4.36. The molecule has 6 nitrogen and oxygen atoms in total. The highest BCUT2D eigenvalue weighted by Gasteiger charge is 2.28. The number of amides is 1. The maximum atomic E-state index is 12.3. The van der Waals surface area contributed by atoms with Crippen LogP contribution in [0.1, 0.15) is 45.1 Å². The summed E-state index contributed by atoms with van der Waals surface area (Å²) in [6.45, 7) is 6.96. The topological polar surface area (TPSA) is 64.7 Å². The molecule has 0 saturated carbocycles. The van der Waals surface area contributed by atoms with Crippen LogP contribution in [0.5, 0.6) is 0 Å². The summed E-state index contributed by atoms with van der Waals surface area (Å²) in [6, 6.07) is 5.84. The van der Waals surface area contributed by atoms with Gasteiger partial charge in [-0.2, -0.15) is 0 Å². The highest BCUT2D eigenvalue weighted by molar-refractivity contribution is 5.74. The van der Waals surface area contributed by atoms with Crippen molar-refractivity contribution in [2.24, 2.45) is 7.05 Å². The number of oxazole rings is 1. The minimum Gasteiger partial charge on any atom is -0.444 e. The first-order chi connectivity index (χ1) is 11.2. The molecule has 1 unspecified atom stereocenters. The Morgan fingerprint density at radius 3 is 2.79 bits per heavy atom. The molecule has 1 aromatic heterocycles. The van der Waals surface area contributed by atoms with Crippen molar-refractivity contribution in [1.29, 1.82) is 0 Å². The summed E-state index contributed by atoms with van der Waals surface area (Å²) in [7, 11) is 1.69. The van der Waals surface area contributed by atoms with Crippen LogP contribution in [0.3, 0.4) is 0 Å². The van der Waals surface area contributed by atoms with Crippen molar-refractivity contribution in [3.05, 3.63) is 34.3 Å². The van der Waals surface area contributed by atoms with Crippen molar-refractivity contribution in [3.8, 4) is 0 Å². The number of carbonyl (C=O) groups is 1. The summed E-state index contributed by atoms with van der Waals surface area (Å²) in [5.41, 5.74) is 1.97. The van der Waals surface area contributed by atoms with Gasteiger partial charge in [0, 0.05) is 26.1 Å². The van der Waals surface area contributed by atoms with Crippen LogP contribution in [0.2, 0.25) is 0 Å². The van der Waals surface area contributed by atoms with E-state index < -0.39 is 5.60 Å². The molecule has 3 rings (SSSR count). The Balaban J connectivity index is 1.79. The number of hydrogen-bond donors (Lipinski definition) is 0. The van der Waals surface area contributed by atoms with Crippen LogP contribution >= 0.6 is 0 Å². The molecule has 1 aliphatic heterocycles. The summed E-state index contributed by atoms with van der Waals surface area (Å²) in [5.74, 6) is -0.137. The number of rotatable bonds is 1. The van der Waals surface area contributed by atoms with Gasteiger partial charge in [0.2, 0.25) is 0 Å². The van der Waals surface area contributed by atoms with Gasteiger partial charge >= 0.3 is 11.8 Å². The first-order valence-corrected chi connectivity index (χ1v) is 8.32. The van der Waals surface area contributed by atoms with Crippen molar-refractivity contribution < 1.29 is 13.9 Å². The van der Waals surface area contributed by atoms with E-state index in [-0.39, 0.29) is 17.8 Å². The van der Waals surface area contributed by atoms with Gasteiger partial charge in [-0.25, -0.2) is 9.59 Å². The van der Waals surface area contributed by atoms with Gasteiger partial charge in [0.15, 0.2) is 5.58 Å². The highest BCUT2D eigenvalue weighted by atomic mass is 16.6. The van der Waals surface area contributed by atoms with E-state index in [4.69, 9.17) is 9.15 Å². The second-order valence-corrected chi connectivity index (χ2v) is 7.42. The molecular formula is C18H24N2O4. The molecule has 1 atom stereocenters. The third kappa shape index (κ3) is 3.32. The molecule has 2 heterocycles. The average Bonchev–Trinajstić information content (AvgIpc) is 2.80. The molecule has 0 radical (unpaired) electrons. The van der Waals surface area contributed by atoms with E-state index >= 15 is 0 Å². The SMILES string of the molecule is Cn1c(=O)oc2cc(C3CCCN(C(=O)OC(C)(C)C)C3)ccc21. The van der Waals surface area contributed by atoms with Crippen molar-refractivity contribution in [2.45, 2.75) is 45.1 Å². The number of ether oxygens (including phenoxy) is 1. The molecule has 1 fully saturated rings. The standard InChI is InChI=1S/C18H24N2O4/c1-18(2,3)24-17(22)20-9-5-6-13(11-20)12-7-8-14-15(10-12)23-16(21)19(14)4/h7-8,10,13H,5-6,9,11H2,1-4H3. The maximum Gasteiger partial charge on any atom is 0.419 e. The fourth-order valence-corrected chi connectivity index (χ4v) is 3.15. The Morgan fingerprint density at radius 2 is 2.08 bits per heavy atom. The fraction of sp³-hybridized carbons (Fsp3) is 0.556. The fourth-order valence-electron chi connectivity index (χ4n) is 3.15. The molecule has 0 aliphatic carbocycles. The second kappa shape index (κ2) is 6.00. The molecule has 2 aromatic rings. The smallest absolute Gasteiger partial charge is 0.419 e. The van der Waals surface area contributed by atoms with E-state index in [0.717, 1.165) is 23.9 Å². The molecule has 1 saturated heterocycles. The Bertz CT molecular complexity index is 813. The van der Waals surface area contributed by atoms with Crippen molar-refractivity contribution in [3.63, 3.8) is 0 Å². The number of hydrogen-bond acceptors (Lipinski definition) is 4. The quantitative estimate of drug-likeness (QED) is 0.804. The summed E-state index contributed by atoms with van der Waals surface area (Å²) < 4.78 is 12.2. The zero-order valence-electron chi connectivity index (χ0n) is 14.7. The minimum atomic E-state index is -0.490. The lowest BCUT2D eigenvalue weighted by Crippen LogP contribution is -2.42. The van der Waals surface area contributed by atoms with Crippen molar-refractivity contribution >= 4 is 17.2 Å². The summed E-state index contributed by atoms with van der Waals surface area (Å²) in [5, 5.41) is 0. The van der Waals surface area contributed by atoms with E-state index in [0.29, 0.717) is 18.7 Å². The van der Waals surface area contributed by atoms with Gasteiger partial charge < -0.3 is 14.1 Å². The van der Waals surface area contributed by atoms with Gasteiger partial charge in [-0.3, -0.25) is 4.57 Å². The molecule has 24 heavy (non-hydrogen) atoms. The number of likely N-dealkylation sites (tertiary alicyclic amines) is 1. The number of piperidine rings is 1. The van der Waals surface area contributed by atoms with E-state index in [1.165, 1.54) is 4.57 Å². The lowest BCUT2D eigenvalue weighted by atomic mass is 9.90. The number of aromatic nitrogens is 1. The number of nitrogens with zero attached hydrogens (tertiary/aromatic N) is 2. The Hall–Kier alpha value is -2.24. The van der Waals surface area contributed by atoms with E-state index in [1.54, 1.807) is 11.9 Å². The van der Waals surface area contributed by atoms with Gasteiger partial charge in [-0.15, -0.1) is 0 Å². The van der Waals surface area contributed by atoms with Crippen LogP contribution in [0.25, 0.3) is 11.1 Å². The van der Waals surface area contributed by atoms with Crippen LogP contribution in [-0.4, -0.2) is 34.3 Å². The Morgan fingerprint density at radius 1 is 1.33 bits per heavy atom. The lowest BCUT2D eigenvalue weighted by molar-refractivity contribution is 0.0198. The van der Waals surface area contributed by atoms with Crippen LogP contribution < -0.4 is 5.76 Å². The van der Waals surface area contributed by atoms with Crippen LogP contribution in [0, 0.1) is 0 Å². The van der Waals surface area contributed by atoms with Crippen molar-refractivity contribution in [2.75, 3.05) is 13.1 Å². The molecule has 0 spiro atoms. The molecule has 1 aliphatic rings. The minimum absolute atomic E-state index is 0.223. The van der Waals surface area contributed by atoms with E-state index in [1.807, 2.05) is 39.0 Å². The molecule has 130 valence electrons. The maximum absolute atomic E-state index is 12.3. The first-order valence-electron chi connectivity index (χ1n) is 8.32. The van der Waals surface area contributed by atoms with Gasteiger partial charge in [0.25, 0.3) is 0 Å². The monoisotopic (exact) mass is 332 g/mol. The summed E-state index contributed by atoms with van der Waals surface area (Å²) in [6.07, 6.45) is 1.67. The highest BCUT2D eigenvalue weighted by Crippen LogP contribution is 2.29. The van der Waals surface area contributed by atoms with E-state index in [9.17, 15) is 9.59 Å². The van der Waals surface area contributed by atoms with Gasteiger partial charge in [-0.1, -0.05) is 6.07 Å². The zero-order valence-corrected chi connectivity index (χ0v) is 14.7. The number of benzene rings is 1. The average molecular weight is 332 g/mol. The van der Waals surface area contributed by atoms with Crippen LogP contribution in [0.15, 0.2) is 27.4 Å². The Kier molecular flexibility index (Phi) is 4.15. The molecule has 0 N–H and O–H groups in total.